The monoisotopic (exact) mass is 267 g/mol. The molecule has 0 aliphatic carbocycles. The second kappa shape index (κ2) is 7.97. The molecule has 104 valence electrons. The quantitative estimate of drug-likeness (QED) is 0.586. The Balaban J connectivity index is 2.40. The number of para-hydroxylation sites is 1. The van der Waals surface area contributed by atoms with Crippen LogP contribution in [0.5, 0.6) is 5.75 Å². The number of hydrogen-bond donors (Lipinski definition) is 2. The molecule has 1 aromatic carbocycles. The predicted octanol–water partition coefficient (Wildman–Crippen LogP) is 2.60. The number of rotatable bonds is 7. The topological polar surface area (TPSA) is 84.9 Å². The standard InChI is InChI=1S/C13H17NO5/c1-2-3-6-9-18-13(17)14-19-11-8-5-4-7-10(11)12(15)16/h4-5,7-8H,2-3,6,9H2,1H3,(H,14,17)(H,15,16). The van der Waals surface area contributed by atoms with Gasteiger partial charge >= 0.3 is 12.1 Å². The van der Waals surface area contributed by atoms with Crippen LogP contribution < -0.4 is 10.3 Å². The van der Waals surface area contributed by atoms with Gasteiger partial charge in [0.05, 0.1) is 6.61 Å². The third kappa shape index (κ3) is 5.29. The molecule has 0 saturated carbocycles. The maximum Gasteiger partial charge on any atom is 0.440 e. The summed E-state index contributed by atoms with van der Waals surface area (Å²) in [7, 11) is 0. The van der Waals surface area contributed by atoms with Crippen molar-refractivity contribution in [3.63, 3.8) is 0 Å². The van der Waals surface area contributed by atoms with E-state index >= 15 is 0 Å². The van der Waals surface area contributed by atoms with Crippen molar-refractivity contribution in [2.24, 2.45) is 0 Å². The third-order valence-electron chi connectivity index (χ3n) is 2.34. The van der Waals surface area contributed by atoms with Gasteiger partial charge in [0.1, 0.15) is 5.56 Å². The Hall–Kier alpha value is -2.24. The average molecular weight is 267 g/mol. The number of unbranched alkanes of at least 4 members (excludes halogenated alkanes) is 2. The molecule has 0 heterocycles. The fourth-order valence-corrected chi connectivity index (χ4v) is 1.38. The van der Waals surface area contributed by atoms with Crippen LogP contribution in [0.15, 0.2) is 24.3 Å². The van der Waals surface area contributed by atoms with Gasteiger partial charge in [0.15, 0.2) is 5.75 Å². The first-order valence-electron chi connectivity index (χ1n) is 6.07. The number of aromatic carboxylic acids is 1. The second-order valence-electron chi connectivity index (χ2n) is 3.85. The fraction of sp³-hybridized carbons (Fsp3) is 0.385. The normalized spacial score (nSPS) is 9.74. The first-order chi connectivity index (χ1) is 9.15. The van der Waals surface area contributed by atoms with Gasteiger partial charge in [0.25, 0.3) is 0 Å². The molecule has 0 atom stereocenters. The second-order valence-corrected chi connectivity index (χ2v) is 3.85. The van der Waals surface area contributed by atoms with Gasteiger partial charge < -0.3 is 14.7 Å². The minimum atomic E-state index is -1.13. The number of carbonyl (C=O) groups excluding carboxylic acids is 1. The zero-order valence-electron chi connectivity index (χ0n) is 10.7. The number of amides is 1. The molecule has 6 heteroatoms. The molecule has 0 bridgehead atoms. The summed E-state index contributed by atoms with van der Waals surface area (Å²) in [6.45, 7) is 2.36. The van der Waals surface area contributed by atoms with Crippen LogP contribution in [0.3, 0.4) is 0 Å². The number of carboxylic acid groups (broad SMARTS) is 1. The third-order valence-corrected chi connectivity index (χ3v) is 2.34. The van der Waals surface area contributed by atoms with Gasteiger partial charge in [0.2, 0.25) is 0 Å². The highest BCUT2D eigenvalue weighted by molar-refractivity contribution is 5.90. The zero-order valence-corrected chi connectivity index (χ0v) is 10.7. The van der Waals surface area contributed by atoms with Crippen molar-refractivity contribution in [2.75, 3.05) is 6.61 Å². The molecular weight excluding hydrogens is 250 g/mol. The number of hydroxylamine groups is 1. The van der Waals surface area contributed by atoms with E-state index in [1.165, 1.54) is 12.1 Å². The Morgan fingerprint density at radius 2 is 2.00 bits per heavy atom. The largest absolute Gasteiger partial charge is 0.478 e. The summed E-state index contributed by atoms with van der Waals surface area (Å²) in [6.07, 6.45) is 2.07. The van der Waals surface area contributed by atoms with E-state index in [1.807, 2.05) is 12.4 Å². The molecule has 0 fully saturated rings. The molecule has 1 aromatic rings. The van der Waals surface area contributed by atoms with Crippen LogP contribution in [0.25, 0.3) is 0 Å². The highest BCUT2D eigenvalue weighted by Crippen LogP contribution is 2.16. The fourth-order valence-electron chi connectivity index (χ4n) is 1.38. The van der Waals surface area contributed by atoms with E-state index < -0.39 is 12.1 Å². The van der Waals surface area contributed by atoms with Crippen molar-refractivity contribution >= 4 is 12.1 Å². The maximum atomic E-state index is 11.3. The number of ether oxygens (including phenoxy) is 1. The highest BCUT2D eigenvalue weighted by Gasteiger charge is 2.11. The number of carbonyl (C=O) groups is 2. The van der Waals surface area contributed by atoms with Crippen molar-refractivity contribution in [1.29, 1.82) is 0 Å². The number of nitrogens with one attached hydrogen (secondary N) is 1. The highest BCUT2D eigenvalue weighted by atomic mass is 16.7. The van der Waals surface area contributed by atoms with Crippen molar-refractivity contribution in [3.05, 3.63) is 29.8 Å². The van der Waals surface area contributed by atoms with Crippen LogP contribution in [-0.4, -0.2) is 23.8 Å². The van der Waals surface area contributed by atoms with Crippen molar-refractivity contribution in [1.82, 2.24) is 5.48 Å². The summed E-state index contributed by atoms with van der Waals surface area (Å²) in [5, 5.41) is 8.91. The molecule has 0 unspecified atom stereocenters. The summed E-state index contributed by atoms with van der Waals surface area (Å²) >= 11 is 0. The molecule has 1 amide bonds. The Bertz CT molecular complexity index is 433. The Morgan fingerprint density at radius 3 is 2.68 bits per heavy atom. The molecule has 0 radical (unpaired) electrons. The minimum absolute atomic E-state index is 0.0335. The van der Waals surface area contributed by atoms with Gasteiger partial charge in [-0.05, 0) is 18.6 Å². The minimum Gasteiger partial charge on any atom is -0.478 e. The molecule has 0 aliphatic heterocycles. The molecule has 19 heavy (non-hydrogen) atoms. The Morgan fingerprint density at radius 1 is 1.26 bits per heavy atom. The number of benzene rings is 1. The van der Waals surface area contributed by atoms with E-state index in [4.69, 9.17) is 14.7 Å². The van der Waals surface area contributed by atoms with Crippen molar-refractivity contribution in [2.45, 2.75) is 26.2 Å². The lowest BCUT2D eigenvalue weighted by Gasteiger charge is -2.09. The van der Waals surface area contributed by atoms with Crippen molar-refractivity contribution in [3.8, 4) is 5.75 Å². The van der Waals surface area contributed by atoms with E-state index in [2.05, 4.69) is 0 Å². The van der Waals surface area contributed by atoms with Gasteiger partial charge in [-0.2, -0.15) is 5.48 Å². The van der Waals surface area contributed by atoms with E-state index in [9.17, 15) is 9.59 Å². The Kier molecular flexibility index (Phi) is 6.21. The first-order valence-corrected chi connectivity index (χ1v) is 6.07. The lowest BCUT2D eigenvalue weighted by atomic mass is 10.2. The van der Waals surface area contributed by atoms with Gasteiger partial charge in [0, 0.05) is 0 Å². The van der Waals surface area contributed by atoms with E-state index in [0.29, 0.717) is 6.61 Å². The van der Waals surface area contributed by atoms with Crippen LogP contribution in [0.2, 0.25) is 0 Å². The van der Waals surface area contributed by atoms with E-state index in [1.54, 1.807) is 12.1 Å². The summed E-state index contributed by atoms with van der Waals surface area (Å²) in [5.74, 6) is -1.07. The molecule has 0 aromatic heterocycles. The zero-order chi connectivity index (χ0) is 14.1. The lowest BCUT2D eigenvalue weighted by Crippen LogP contribution is -2.28. The van der Waals surface area contributed by atoms with E-state index in [-0.39, 0.29) is 11.3 Å². The first kappa shape index (κ1) is 14.8. The summed E-state index contributed by atoms with van der Waals surface area (Å²) in [5.41, 5.74) is 2.01. The summed E-state index contributed by atoms with van der Waals surface area (Å²) < 4.78 is 4.84. The summed E-state index contributed by atoms with van der Waals surface area (Å²) in [4.78, 5) is 27.1. The van der Waals surface area contributed by atoms with Gasteiger partial charge in [-0.1, -0.05) is 31.9 Å². The molecule has 1 rings (SSSR count). The molecule has 0 aliphatic rings. The van der Waals surface area contributed by atoms with Crippen LogP contribution >= 0.6 is 0 Å². The van der Waals surface area contributed by atoms with Crippen LogP contribution in [0.1, 0.15) is 36.5 Å². The van der Waals surface area contributed by atoms with E-state index in [0.717, 1.165) is 19.3 Å². The predicted molar refractivity (Wildman–Crippen MR) is 68.0 cm³/mol. The van der Waals surface area contributed by atoms with Crippen LogP contribution in [0.4, 0.5) is 4.79 Å². The summed E-state index contributed by atoms with van der Waals surface area (Å²) in [6, 6.07) is 6.00. The van der Waals surface area contributed by atoms with Crippen molar-refractivity contribution < 1.29 is 24.3 Å². The SMILES string of the molecule is CCCCCOC(=O)NOc1ccccc1C(=O)O. The number of carboxylic acids is 1. The molecular formula is C13H17NO5. The molecule has 0 saturated heterocycles. The maximum absolute atomic E-state index is 11.3. The molecule has 0 spiro atoms. The van der Waals surface area contributed by atoms with Gasteiger partial charge in [-0.25, -0.2) is 9.59 Å². The average Bonchev–Trinajstić information content (AvgIpc) is 2.41. The Labute approximate surface area is 111 Å². The lowest BCUT2D eigenvalue weighted by molar-refractivity contribution is 0.0679. The van der Waals surface area contributed by atoms with Gasteiger partial charge in [-0.3, -0.25) is 0 Å². The molecule has 6 nitrogen and oxygen atoms in total. The van der Waals surface area contributed by atoms with Gasteiger partial charge in [-0.15, -0.1) is 0 Å². The smallest absolute Gasteiger partial charge is 0.440 e. The van der Waals surface area contributed by atoms with Crippen LogP contribution in [0, 0.1) is 0 Å². The van der Waals surface area contributed by atoms with Crippen LogP contribution in [-0.2, 0) is 4.74 Å². The molecule has 2 N–H and O–H groups in total. The number of hydrogen-bond acceptors (Lipinski definition) is 4.